The third-order valence-electron chi connectivity index (χ3n) is 5.44. The fraction of sp³-hybridized carbons (Fsp3) is 0.500. The van der Waals surface area contributed by atoms with E-state index in [1.165, 1.54) is 23.9 Å². The van der Waals surface area contributed by atoms with E-state index in [1.807, 2.05) is 4.57 Å². The zero-order valence-electron chi connectivity index (χ0n) is 17.6. The molecule has 0 fully saturated rings. The summed E-state index contributed by atoms with van der Waals surface area (Å²) in [6.07, 6.45) is 3.64. The molecule has 0 radical (unpaired) electrons. The van der Waals surface area contributed by atoms with Crippen molar-refractivity contribution in [2.75, 3.05) is 30.7 Å². The number of aromatic nitrogens is 2. The number of carbonyl (C=O) groups is 1. The van der Waals surface area contributed by atoms with Gasteiger partial charge in [-0.3, -0.25) is 9.36 Å². The topological polar surface area (TPSA) is 67.2 Å². The van der Waals surface area contributed by atoms with Gasteiger partial charge in [0, 0.05) is 17.8 Å². The molecular formula is C22H29FN4O2S. The zero-order chi connectivity index (χ0) is 21.5. The molecule has 0 spiro atoms. The van der Waals surface area contributed by atoms with Crippen molar-refractivity contribution in [3.63, 3.8) is 0 Å². The molecule has 1 N–H and O–H groups in total. The Hall–Kier alpha value is -2.19. The van der Waals surface area contributed by atoms with E-state index in [9.17, 15) is 14.0 Å². The maximum atomic E-state index is 13.7. The first-order chi connectivity index (χ1) is 14.5. The van der Waals surface area contributed by atoms with Crippen LogP contribution in [0.4, 0.5) is 10.1 Å². The second kappa shape index (κ2) is 10.7. The van der Waals surface area contributed by atoms with Gasteiger partial charge in [-0.1, -0.05) is 37.7 Å². The van der Waals surface area contributed by atoms with E-state index in [-0.39, 0.29) is 23.0 Å². The Morgan fingerprint density at radius 2 is 2.03 bits per heavy atom. The van der Waals surface area contributed by atoms with Gasteiger partial charge in [-0.05, 0) is 57.5 Å². The van der Waals surface area contributed by atoms with Crippen LogP contribution in [0.2, 0.25) is 0 Å². The molecule has 1 aromatic carbocycles. The third kappa shape index (κ3) is 5.49. The summed E-state index contributed by atoms with van der Waals surface area (Å²) in [5.41, 5.74) is 2.06. The number of nitrogens with one attached hydrogen (secondary N) is 1. The first-order valence-electron chi connectivity index (χ1n) is 10.6. The maximum Gasteiger partial charge on any atom is 0.348 e. The van der Waals surface area contributed by atoms with E-state index in [1.54, 1.807) is 12.1 Å². The van der Waals surface area contributed by atoms with Gasteiger partial charge in [-0.15, -0.1) is 0 Å². The van der Waals surface area contributed by atoms with Crippen molar-refractivity contribution in [1.29, 1.82) is 0 Å². The number of rotatable bonds is 10. The highest BCUT2D eigenvalue weighted by molar-refractivity contribution is 8.00. The van der Waals surface area contributed by atoms with Crippen LogP contribution in [0.3, 0.4) is 0 Å². The van der Waals surface area contributed by atoms with Gasteiger partial charge in [0.2, 0.25) is 5.91 Å². The van der Waals surface area contributed by atoms with Crippen molar-refractivity contribution < 1.29 is 9.18 Å². The van der Waals surface area contributed by atoms with Crippen molar-refractivity contribution in [2.24, 2.45) is 0 Å². The highest BCUT2D eigenvalue weighted by Gasteiger charge is 2.22. The molecule has 0 aliphatic heterocycles. The van der Waals surface area contributed by atoms with Gasteiger partial charge in [0.1, 0.15) is 10.8 Å². The predicted molar refractivity (Wildman–Crippen MR) is 119 cm³/mol. The van der Waals surface area contributed by atoms with E-state index in [4.69, 9.17) is 0 Å². The van der Waals surface area contributed by atoms with Crippen LogP contribution in [0, 0.1) is 5.82 Å². The smallest absolute Gasteiger partial charge is 0.323 e. The molecule has 2 aromatic rings. The Balaban J connectivity index is 1.66. The molecule has 1 heterocycles. The Morgan fingerprint density at radius 3 is 2.77 bits per heavy atom. The number of thioether (sulfide) groups is 1. The van der Waals surface area contributed by atoms with E-state index in [0.717, 1.165) is 56.6 Å². The van der Waals surface area contributed by atoms with Crippen LogP contribution in [-0.2, 0) is 24.2 Å². The van der Waals surface area contributed by atoms with Crippen molar-refractivity contribution in [3.8, 4) is 0 Å². The lowest BCUT2D eigenvalue weighted by atomic mass is 10.2. The van der Waals surface area contributed by atoms with Crippen molar-refractivity contribution in [1.82, 2.24) is 14.5 Å². The third-order valence-corrected chi connectivity index (χ3v) is 6.46. The lowest BCUT2D eigenvalue weighted by Crippen LogP contribution is -2.30. The van der Waals surface area contributed by atoms with E-state index in [0.29, 0.717) is 11.6 Å². The number of nitrogens with zero attached hydrogens (tertiary/aromatic N) is 3. The number of hydrogen-bond acceptors (Lipinski definition) is 5. The summed E-state index contributed by atoms with van der Waals surface area (Å²) in [7, 11) is 0. The number of halogens is 1. The van der Waals surface area contributed by atoms with Gasteiger partial charge < -0.3 is 10.2 Å². The molecule has 0 atom stereocenters. The van der Waals surface area contributed by atoms with Crippen molar-refractivity contribution >= 4 is 23.4 Å². The number of benzene rings is 1. The summed E-state index contributed by atoms with van der Waals surface area (Å²) < 4.78 is 15.5. The fourth-order valence-corrected chi connectivity index (χ4v) is 4.69. The van der Waals surface area contributed by atoms with E-state index in [2.05, 4.69) is 29.0 Å². The van der Waals surface area contributed by atoms with Crippen LogP contribution in [-0.4, -0.2) is 45.7 Å². The highest BCUT2D eigenvalue weighted by Crippen LogP contribution is 2.29. The van der Waals surface area contributed by atoms with Gasteiger partial charge in [0.15, 0.2) is 0 Å². The second-order valence-electron chi connectivity index (χ2n) is 7.33. The Morgan fingerprint density at radius 1 is 1.27 bits per heavy atom. The normalized spacial score (nSPS) is 12.9. The molecule has 1 aromatic heterocycles. The summed E-state index contributed by atoms with van der Waals surface area (Å²) in [6.45, 7) is 7.93. The van der Waals surface area contributed by atoms with E-state index < -0.39 is 5.82 Å². The number of carbonyl (C=O) groups excluding carboxylic acids is 1. The van der Waals surface area contributed by atoms with Gasteiger partial charge in [0.25, 0.3) is 0 Å². The quantitative estimate of drug-likeness (QED) is 0.461. The molecule has 0 unspecified atom stereocenters. The Bertz CT molecular complexity index is 943. The van der Waals surface area contributed by atoms with Gasteiger partial charge in [0.05, 0.1) is 11.4 Å². The SMILES string of the molecule is CCN(CC)CCCn1c2c(c(SCC(=O)Nc3ccccc3F)nc1=O)CCC2. The lowest BCUT2D eigenvalue weighted by molar-refractivity contribution is -0.113. The van der Waals surface area contributed by atoms with Gasteiger partial charge in [-0.25, -0.2) is 9.18 Å². The number of anilines is 1. The summed E-state index contributed by atoms with van der Waals surface area (Å²) in [6, 6.07) is 6.06. The molecule has 1 aliphatic carbocycles. The lowest BCUT2D eigenvalue weighted by Gasteiger charge is -2.19. The summed E-state index contributed by atoms with van der Waals surface area (Å²) in [5, 5.41) is 3.21. The number of para-hydroxylation sites is 1. The minimum Gasteiger partial charge on any atom is -0.323 e. The number of fused-ring (bicyclic) bond motifs is 1. The highest BCUT2D eigenvalue weighted by atomic mass is 32.2. The minimum atomic E-state index is -0.470. The largest absolute Gasteiger partial charge is 0.348 e. The first-order valence-corrected chi connectivity index (χ1v) is 11.5. The number of amides is 1. The van der Waals surface area contributed by atoms with Gasteiger partial charge in [-0.2, -0.15) is 4.98 Å². The molecule has 3 rings (SSSR count). The van der Waals surface area contributed by atoms with Crippen molar-refractivity contribution in [3.05, 3.63) is 51.8 Å². The molecule has 0 bridgehead atoms. The molecule has 1 amide bonds. The second-order valence-corrected chi connectivity index (χ2v) is 8.29. The molecular weight excluding hydrogens is 403 g/mol. The van der Waals surface area contributed by atoms with Crippen molar-refractivity contribution in [2.45, 2.75) is 51.1 Å². The van der Waals surface area contributed by atoms with Crippen LogP contribution in [0.25, 0.3) is 0 Å². The van der Waals surface area contributed by atoms with Crippen LogP contribution in [0.1, 0.15) is 37.9 Å². The molecule has 162 valence electrons. The van der Waals surface area contributed by atoms with Crippen LogP contribution >= 0.6 is 11.8 Å². The van der Waals surface area contributed by atoms with E-state index >= 15 is 0 Å². The Labute approximate surface area is 180 Å². The first kappa shape index (κ1) is 22.5. The summed E-state index contributed by atoms with van der Waals surface area (Å²) >= 11 is 1.25. The Kier molecular flexibility index (Phi) is 8.04. The van der Waals surface area contributed by atoms with Crippen LogP contribution in [0.15, 0.2) is 34.1 Å². The summed E-state index contributed by atoms with van der Waals surface area (Å²) in [5.74, 6) is -0.705. The number of hydrogen-bond donors (Lipinski definition) is 1. The fourth-order valence-electron chi connectivity index (χ4n) is 3.81. The van der Waals surface area contributed by atoms with Gasteiger partial charge >= 0.3 is 5.69 Å². The molecule has 0 saturated carbocycles. The van der Waals surface area contributed by atoms with Crippen LogP contribution in [0.5, 0.6) is 0 Å². The molecule has 30 heavy (non-hydrogen) atoms. The molecule has 6 nitrogen and oxygen atoms in total. The monoisotopic (exact) mass is 432 g/mol. The molecule has 8 heteroatoms. The average Bonchev–Trinajstić information content (AvgIpc) is 3.23. The minimum absolute atomic E-state index is 0.0825. The van der Waals surface area contributed by atoms with Crippen LogP contribution < -0.4 is 11.0 Å². The zero-order valence-corrected chi connectivity index (χ0v) is 18.4. The molecule has 1 aliphatic rings. The average molecular weight is 433 g/mol. The molecule has 0 saturated heterocycles. The predicted octanol–water partition coefficient (Wildman–Crippen LogP) is 3.33. The maximum absolute atomic E-state index is 13.7. The standard InChI is InChI=1S/C22H29FN4O2S/c1-3-26(4-2)13-8-14-27-19-12-7-9-16(19)21(25-22(27)29)30-15-20(28)24-18-11-6-5-10-17(18)23/h5-6,10-11H,3-4,7-9,12-15H2,1-2H3,(H,24,28). The summed E-state index contributed by atoms with van der Waals surface area (Å²) in [4.78, 5) is 31.5.